The molecular formula is C20H15BrN4O2. The Labute approximate surface area is 163 Å². The Bertz CT molecular complexity index is 1130. The number of nitrogens with one attached hydrogen (secondary N) is 1. The van der Waals surface area contributed by atoms with E-state index in [4.69, 9.17) is 0 Å². The van der Waals surface area contributed by atoms with E-state index in [2.05, 4.69) is 31.3 Å². The molecule has 2 aromatic heterocycles. The molecule has 0 spiro atoms. The lowest BCUT2D eigenvalue weighted by Crippen LogP contribution is -2.23. The zero-order chi connectivity index (χ0) is 18.8. The topological polar surface area (TPSA) is 79.5 Å². The van der Waals surface area contributed by atoms with Gasteiger partial charge in [0.05, 0.1) is 11.9 Å². The third-order valence-electron chi connectivity index (χ3n) is 4.16. The fourth-order valence-electron chi connectivity index (χ4n) is 2.78. The number of hydrogen-bond donors (Lipinski definition) is 2. The van der Waals surface area contributed by atoms with E-state index in [1.165, 1.54) is 16.8 Å². The minimum atomic E-state index is -0.308. The predicted octanol–water partition coefficient (Wildman–Crippen LogP) is 3.79. The molecule has 0 atom stereocenters. The SMILES string of the molecule is O=C(NCc1ccccc1Br)c1cnn2c(O)cc(-c3ccccc3)nc12. The van der Waals surface area contributed by atoms with E-state index in [0.29, 0.717) is 23.4 Å². The molecule has 0 fully saturated rings. The number of rotatable bonds is 4. The molecule has 2 heterocycles. The molecule has 0 aliphatic carbocycles. The highest BCUT2D eigenvalue weighted by Gasteiger charge is 2.17. The van der Waals surface area contributed by atoms with Gasteiger partial charge in [-0.1, -0.05) is 64.5 Å². The first-order valence-electron chi connectivity index (χ1n) is 8.28. The van der Waals surface area contributed by atoms with Crippen molar-refractivity contribution in [3.63, 3.8) is 0 Å². The molecule has 4 rings (SSSR count). The molecule has 7 heteroatoms. The number of aromatic nitrogens is 3. The van der Waals surface area contributed by atoms with Crippen LogP contribution in [0, 0.1) is 0 Å². The van der Waals surface area contributed by atoms with Gasteiger partial charge in [0.25, 0.3) is 5.91 Å². The third-order valence-corrected chi connectivity index (χ3v) is 4.94. The van der Waals surface area contributed by atoms with Crippen molar-refractivity contribution in [2.75, 3.05) is 0 Å². The first-order valence-corrected chi connectivity index (χ1v) is 9.07. The summed E-state index contributed by atoms with van der Waals surface area (Å²) < 4.78 is 2.17. The van der Waals surface area contributed by atoms with Crippen molar-refractivity contribution in [1.29, 1.82) is 0 Å². The van der Waals surface area contributed by atoms with Gasteiger partial charge in [-0.15, -0.1) is 0 Å². The summed E-state index contributed by atoms with van der Waals surface area (Å²) in [7, 11) is 0. The molecule has 0 saturated heterocycles. The molecule has 134 valence electrons. The number of halogens is 1. The highest BCUT2D eigenvalue weighted by Crippen LogP contribution is 2.24. The average molecular weight is 423 g/mol. The first-order chi connectivity index (χ1) is 13.1. The van der Waals surface area contributed by atoms with E-state index in [1.54, 1.807) is 0 Å². The number of fused-ring (bicyclic) bond motifs is 1. The van der Waals surface area contributed by atoms with E-state index < -0.39 is 0 Å². The second-order valence-corrected chi connectivity index (χ2v) is 6.79. The van der Waals surface area contributed by atoms with Crippen molar-refractivity contribution in [1.82, 2.24) is 19.9 Å². The molecule has 0 bridgehead atoms. The Kier molecular flexibility index (Phi) is 4.60. The minimum Gasteiger partial charge on any atom is -0.493 e. The highest BCUT2D eigenvalue weighted by molar-refractivity contribution is 9.10. The van der Waals surface area contributed by atoms with Crippen molar-refractivity contribution in [3.8, 4) is 17.1 Å². The Morgan fingerprint density at radius 2 is 1.85 bits per heavy atom. The summed E-state index contributed by atoms with van der Waals surface area (Å²) >= 11 is 3.47. The van der Waals surface area contributed by atoms with Crippen LogP contribution in [-0.2, 0) is 6.54 Å². The van der Waals surface area contributed by atoms with Crippen molar-refractivity contribution < 1.29 is 9.90 Å². The van der Waals surface area contributed by atoms with E-state index in [-0.39, 0.29) is 11.8 Å². The first kappa shape index (κ1) is 17.2. The molecule has 0 aliphatic heterocycles. The van der Waals surface area contributed by atoms with Gasteiger partial charge in [0.2, 0.25) is 5.88 Å². The molecule has 2 aromatic carbocycles. The van der Waals surface area contributed by atoms with Gasteiger partial charge < -0.3 is 10.4 Å². The largest absolute Gasteiger partial charge is 0.493 e. The predicted molar refractivity (Wildman–Crippen MR) is 105 cm³/mol. The van der Waals surface area contributed by atoms with E-state index in [1.807, 2.05) is 54.6 Å². The normalized spacial score (nSPS) is 10.9. The molecule has 0 aliphatic rings. The number of nitrogens with zero attached hydrogens (tertiary/aromatic N) is 3. The summed E-state index contributed by atoms with van der Waals surface area (Å²) in [5.74, 6) is -0.387. The van der Waals surface area contributed by atoms with Crippen molar-refractivity contribution in [2.45, 2.75) is 6.54 Å². The molecule has 4 aromatic rings. The second kappa shape index (κ2) is 7.20. The Hall–Kier alpha value is -3.19. The molecule has 0 unspecified atom stereocenters. The summed E-state index contributed by atoms with van der Waals surface area (Å²) in [4.78, 5) is 17.2. The van der Waals surface area contributed by atoms with Gasteiger partial charge in [-0.05, 0) is 11.6 Å². The Morgan fingerprint density at radius 1 is 1.11 bits per heavy atom. The maximum Gasteiger partial charge on any atom is 0.257 e. The van der Waals surface area contributed by atoms with Crippen molar-refractivity contribution >= 4 is 27.5 Å². The van der Waals surface area contributed by atoms with Crippen LogP contribution < -0.4 is 5.32 Å². The second-order valence-electron chi connectivity index (χ2n) is 5.93. The van der Waals surface area contributed by atoms with Gasteiger partial charge in [-0.2, -0.15) is 9.61 Å². The zero-order valence-electron chi connectivity index (χ0n) is 14.1. The van der Waals surface area contributed by atoms with Crippen molar-refractivity contribution in [3.05, 3.63) is 82.5 Å². The Morgan fingerprint density at radius 3 is 2.63 bits per heavy atom. The van der Waals surface area contributed by atoms with Gasteiger partial charge in [0, 0.05) is 22.6 Å². The lowest BCUT2D eigenvalue weighted by Gasteiger charge is -2.07. The lowest BCUT2D eigenvalue weighted by atomic mass is 10.1. The molecular weight excluding hydrogens is 408 g/mol. The summed E-state index contributed by atoms with van der Waals surface area (Å²) in [6.45, 7) is 0.363. The molecule has 0 saturated carbocycles. The van der Waals surface area contributed by atoms with Crippen LogP contribution in [0.1, 0.15) is 15.9 Å². The maximum absolute atomic E-state index is 12.7. The number of benzene rings is 2. The molecule has 27 heavy (non-hydrogen) atoms. The average Bonchev–Trinajstić information content (AvgIpc) is 3.12. The van der Waals surface area contributed by atoms with Crippen LogP contribution in [0.15, 0.2) is 71.3 Å². The maximum atomic E-state index is 12.7. The van der Waals surface area contributed by atoms with Crippen LogP contribution in [0.5, 0.6) is 5.88 Å². The highest BCUT2D eigenvalue weighted by atomic mass is 79.9. The molecule has 1 amide bonds. The molecule has 6 nitrogen and oxygen atoms in total. The fraction of sp³-hybridized carbons (Fsp3) is 0.0500. The van der Waals surface area contributed by atoms with Gasteiger partial charge in [0.1, 0.15) is 5.56 Å². The van der Waals surface area contributed by atoms with Gasteiger partial charge >= 0.3 is 0 Å². The number of carbonyl (C=O) groups is 1. The van der Waals surface area contributed by atoms with E-state index >= 15 is 0 Å². The summed E-state index contributed by atoms with van der Waals surface area (Å²) in [5.41, 5.74) is 2.98. The molecule has 0 radical (unpaired) electrons. The fourth-order valence-corrected chi connectivity index (χ4v) is 3.20. The van der Waals surface area contributed by atoms with Gasteiger partial charge in [-0.25, -0.2) is 4.98 Å². The van der Waals surface area contributed by atoms with Gasteiger partial charge in [-0.3, -0.25) is 4.79 Å². The summed E-state index contributed by atoms with van der Waals surface area (Å²) in [6.07, 6.45) is 1.41. The van der Waals surface area contributed by atoms with Crippen LogP contribution in [0.3, 0.4) is 0 Å². The third kappa shape index (κ3) is 3.41. The minimum absolute atomic E-state index is 0.0799. The monoisotopic (exact) mass is 422 g/mol. The van der Waals surface area contributed by atoms with Gasteiger partial charge in [0.15, 0.2) is 5.65 Å². The van der Waals surface area contributed by atoms with Crippen LogP contribution >= 0.6 is 15.9 Å². The summed E-state index contributed by atoms with van der Waals surface area (Å²) in [5, 5.41) is 17.2. The number of hydrogen-bond acceptors (Lipinski definition) is 4. The van der Waals surface area contributed by atoms with Crippen LogP contribution in [0.4, 0.5) is 0 Å². The van der Waals surface area contributed by atoms with Crippen LogP contribution in [0.25, 0.3) is 16.9 Å². The summed E-state index contributed by atoms with van der Waals surface area (Å²) in [6, 6.07) is 18.7. The zero-order valence-corrected chi connectivity index (χ0v) is 15.7. The van der Waals surface area contributed by atoms with E-state index in [9.17, 15) is 9.90 Å². The number of aromatic hydroxyl groups is 1. The number of carbonyl (C=O) groups excluding carboxylic acids is 1. The van der Waals surface area contributed by atoms with Crippen LogP contribution in [-0.4, -0.2) is 25.6 Å². The lowest BCUT2D eigenvalue weighted by molar-refractivity contribution is 0.0952. The van der Waals surface area contributed by atoms with Crippen LogP contribution in [0.2, 0.25) is 0 Å². The molecule has 2 N–H and O–H groups in total. The Balaban J connectivity index is 1.66. The van der Waals surface area contributed by atoms with Crippen molar-refractivity contribution in [2.24, 2.45) is 0 Å². The quantitative estimate of drug-likeness (QED) is 0.524. The standard InChI is InChI=1S/C20H15BrN4O2/c21-16-9-5-4-8-14(16)11-22-20(27)15-12-23-25-18(26)10-17(24-19(15)25)13-6-2-1-3-7-13/h1-10,12,26H,11H2,(H,22,27). The number of amides is 1. The van der Waals surface area contributed by atoms with E-state index in [0.717, 1.165) is 15.6 Å². The smallest absolute Gasteiger partial charge is 0.257 e.